The summed E-state index contributed by atoms with van der Waals surface area (Å²) >= 11 is 13.2. The number of benzene rings is 2. The molecule has 0 radical (unpaired) electrons. The summed E-state index contributed by atoms with van der Waals surface area (Å²) in [5, 5.41) is 0.735. The lowest BCUT2D eigenvalue weighted by Crippen LogP contribution is -1.94. The summed E-state index contributed by atoms with van der Waals surface area (Å²) in [5.74, 6) is 0.563. The molecule has 1 atom stereocenters. The molecular weight excluding hydrogens is 387 g/mol. The quantitative estimate of drug-likeness (QED) is 0.501. The van der Waals surface area contributed by atoms with Gasteiger partial charge in [-0.2, -0.15) is 0 Å². The Morgan fingerprint density at radius 2 is 1.42 bits per heavy atom. The van der Waals surface area contributed by atoms with E-state index in [-0.39, 0.29) is 4.83 Å². The zero-order valence-electron chi connectivity index (χ0n) is 10.8. The predicted molar refractivity (Wildman–Crippen MR) is 90.5 cm³/mol. The van der Waals surface area contributed by atoms with Crippen molar-refractivity contribution in [3.8, 4) is 0 Å². The van der Waals surface area contributed by atoms with Crippen molar-refractivity contribution in [3.05, 3.63) is 68.7 Å². The maximum Gasteiger partial charge on any atom is 0.0645 e. The van der Waals surface area contributed by atoms with Crippen LogP contribution in [0.15, 0.2) is 46.9 Å². The van der Waals surface area contributed by atoms with Gasteiger partial charge in [-0.1, -0.05) is 71.7 Å². The average molecular weight is 403 g/mol. The van der Waals surface area contributed by atoms with Crippen LogP contribution < -0.4 is 0 Å². The van der Waals surface area contributed by atoms with Crippen molar-refractivity contribution in [3.63, 3.8) is 0 Å². The van der Waals surface area contributed by atoms with E-state index in [1.54, 1.807) is 0 Å². The Morgan fingerprint density at radius 3 is 1.95 bits per heavy atom. The van der Waals surface area contributed by atoms with Gasteiger partial charge in [-0.05, 0) is 50.7 Å². The lowest BCUT2D eigenvalue weighted by atomic mass is 9.99. The first-order valence-corrected chi connectivity index (χ1v) is 8.26. The first kappa shape index (κ1) is 15.1. The Balaban J connectivity index is 2.27. The van der Waals surface area contributed by atoms with Crippen LogP contribution in [0.5, 0.6) is 0 Å². The molecule has 0 spiro atoms. The second-order valence-corrected chi connectivity index (χ2v) is 7.03. The topological polar surface area (TPSA) is 0 Å². The van der Waals surface area contributed by atoms with Crippen LogP contribution in [0.2, 0.25) is 5.02 Å². The maximum atomic E-state index is 6.02. The van der Waals surface area contributed by atoms with E-state index in [4.69, 9.17) is 11.6 Å². The Bertz CT molecular complexity index is 561. The molecular formula is C16H15Br2Cl. The summed E-state index contributed by atoms with van der Waals surface area (Å²) in [5.41, 5.74) is 3.80. The summed E-state index contributed by atoms with van der Waals surface area (Å²) in [4.78, 5) is 0.183. The van der Waals surface area contributed by atoms with E-state index < -0.39 is 0 Å². The molecule has 2 rings (SSSR count). The molecule has 0 heterocycles. The van der Waals surface area contributed by atoms with Crippen LogP contribution in [-0.2, 0) is 0 Å². The highest BCUT2D eigenvalue weighted by Gasteiger charge is 2.12. The van der Waals surface area contributed by atoms with E-state index in [0.29, 0.717) is 5.92 Å². The Morgan fingerprint density at radius 1 is 0.895 bits per heavy atom. The molecule has 0 aliphatic rings. The molecule has 2 aromatic carbocycles. The molecule has 0 saturated heterocycles. The number of hydrogen-bond donors (Lipinski definition) is 0. The number of halogens is 3. The molecule has 0 amide bonds. The van der Waals surface area contributed by atoms with Crippen molar-refractivity contribution in [2.75, 3.05) is 0 Å². The Hall–Kier alpha value is -0.310. The molecule has 100 valence electrons. The number of alkyl halides is 1. The first-order valence-electron chi connectivity index (χ1n) is 6.18. The molecule has 0 fully saturated rings. The molecule has 19 heavy (non-hydrogen) atoms. The standard InChI is InChI=1S/C16H15Br2Cl/c1-10(2)11-3-5-12(6-4-11)16(18)13-7-8-15(19)14(17)9-13/h3-10,16H,1-2H3. The number of rotatable bonds is 3. The fourth-order valence-electron chi connectivity index (χ4n) is 1.91. The third kappa shape index (κ3) is 3.62. The molecule has 0 aliphatic heterocycles. The van der Waals surface area contributed by atoms with Gasteiger partial charge in [-0.3, -0.25) is 0 Å². The van der Waals surface area contributed by atoms with Gasteiger partial charge < -0.3 is 0 Å². The smallest absolute Gasteiger partial charge is 0.0645 e. The van der Waals surface area contributed by atoms with Gasteiger partial charge in [-0.25, -0.2) is 0 Å². The van der Waals surface area contributed by atoms with E-state index in [1.807, 2.05) is 12.1 Å². The fourth-order valence-corrected chi connectivity index (χ4v) is 3.02. The molecule has 0 N–H and O–H groups in total. The van der Waals surface area contributed by atoms with Crippen LogP contribution in [-0.4, -0.2) is 0 Å². The minimum atomic E-state index is 0.183. The zero-order valence-corrected chi connectivity index (χ0v) is 14.8. The Labute approximate surface area is 136 Å². The summed E-state index contributed by atoms with van der Waals surface area (Å²) < 4.78 is 0.926. The summed E-state index contributed by atoms with van der Waals surface area (Å²) in [6.07, 6.45) is 0. The summed E-state index contributed by atoms with van der Waals surface area (Å²) in [6, 6.07) is 14.8. The van der Waals surface area contributed by atoms with Crippen LogP contribution in [0.25, 0.3) is 0 Å². The molecule has 1 unspecified atom stereocenters. The van der Waals surface area contributed by atoms with Crippen LogP contribution in [0, 0.1) is 0 Å². The van der Waals surface area contributed by atoms with Gasteiger partial charge >= 0.3 is 0 Å². The van der Waals surface area contributed by atoms with Gasteiger partial charge in [0.2, 0.25) is 0 Å². The van der Waals surface area contributed by atoms with Gasteiger partial charge in [0.05, 0.1) is 9.85 Å². The van der Waals surface area contributed by atoms with E-state index >= 15 is 0 Å². The minimum absolute atomic E-state index is 0.183. The van der Waals surface area contributed by atoms with Gasteiger partial charge in [-0.15, -0.1) is 0 Å². The lowest BCUT2D eigenvalue weighted by Gasteiger charge is -2.13. The first-order chi connectivity index (χ1) is 8.99. The van der Waals surface area contributed by atoms with E-state index in [2.05, 4.69) is 76.0 Å². The number of hydrogen-bond acceptors (Lipinski definition) is 0. The van der Waals surface area contributed by atoms with E-state index in [0.717, 1.165) is 9.50 Å². The third-order valence-electron chi connectivity index (χ3n) is 3.13. The zero-order chi connectivity index (χ0) is 14.0. The molecule has 0 aliphatic carbocycles. The largest absolute Gasteiger partial charge is 0.0831 e. The Kier molecular flexibility index (Phi) is 5.10. The maximum absolute atomic E-state index is 6.02. The SMILES string of the molecule is CC(C)c1ccc(C(Br)c2ccc(Cl)c(Br)c2)cc1. The predicted octanol–water partition coefficient (Wildman–Crippen LogP) is 6.71. The summed E-state index contributed by atoms with van der Waals surface area (Å²) in [6.45, 7) is 4.41. The van der Waals surface area contributed by atoms with E-state index in [9.17, 15) is 0 Å². The van der Waals surface area contributed by atoms with E-state index in [1.165, 1.54) is 16.7 Å². The van der Waals surface area contributed by atoms with Crippen LogP contribution in [0.3, 0.4) is 0 Å². The molecule has 0 nitrogen and oxygen atoms in total. The monoisotopic (exact) mass is 400 g/mol. The molecule has 0 aromatic heterocycles. The van der Waals surface area contributed by atoms with Gasteiger partial charge in [0.1, 0.15) is 0 Å². The van der Waals surface area contributed by atoms with Gasteiger partial charge in [0, 0.05) is 4.47 Å². The van der Waals surface area contributed by atoms with Crippen molar-refractivity contribution in [2.45, 2.75) is 24.6 Å². The molecule has 0 saturated carbocycles. The normalized spacial score (nSPS) is 12.7. The van der Waals surface area contributed by atoms with Crippen LogP contribution >= 0.6 is 43.5 Å². The van der Waals surface area contributed by atoms with Crippen molar-refractivity contribution in [2.24, 2.45) is 0 Å². The second-order valence-electron chi connectivity index (χ2n) is 4.86. The highest BCUT2D eigenvalue weighted by atomic mass is 79.9. The van der Waals surface area contributed by atoms with Gasteiger partial charge in [0.15, 0.2) is 0 Å². The van der Waals surface area contributed by atoms with Crippen molar-refractivity contribution in [1.29, 1.82) is 0 Å². The molecule has 2 aromatic rings. The fraction of sp³-hybridized carbons (Fsp3) is 0.250. The molecule has 0 bridgehead atoms. The molecule has 3 heteroatoms. The second kappa shape index (κ2) is 6.43. The van der Waals surface area contributed by atoms with Crippen LogP contribution in [0.4, 0.5) is 0 Å². The average Bonchev–Trinajstić information content (AvgIpc) is 2.41. The van der Waals surface area contributed by atoms with Crippen molar-refractivity contribution < 1.29 is 0 Å². The van der Waals surface area contributed by atoms with Crippen molar-refractivity contribution >= 4 is 43.5 Å². The van der Waals surface area contributed by atoms with Crippen LogP contribution in [0.1, 0.15) is 41.3 Å². The third-order valence-corrected chi connectivity index (χ3v) is 5.40. The van der Waals surface area contributed by atoms with Gasteiger partial charge in [0.25, 0.3) is 0 Å². The highest BCUT2D eigenvalue weighted by Crippen LogP contribution is 2.34. The summed E-state index contributed by atoms with van der Waals surface area (Å²) in [7, 11) is 0. The minimum Gasteiger partial charge on any atom is -0.0831 e. The lowest BCUT2D eigenvalue weighted by molar-refractivity contribution is 0.865. The van der Waals surface area contributed by atoms with Crippen molar-refractivity contribution in [1.82, 2.24) is 0 Å². The highest BCUT2D eigenvalue weighted by molar-refractivity contribution is 9.10.